The second-order valence-corrected chi connectivity index (χ2v) is 4.71. The number of nitrogens with one attached hydrogen (secondary N) is 2. The molecule has 0 aliphatic carbocycles. The number of rotatable bonds is 4. The molecular weight excluding hydrogens is 198 g/mol. The highest BCUT2D eigenvalue weighted by Crippen LogP contribution is 2.21. The first-order chi connectivity index (χ1) is 6.83. The molecule has 5 heteroatoms. The van der Waals surface area contributed by atoms with Crippen LogP contribution in [0, 0.1) is 5.92 Å². The van der Waals surface area contributed by atoms with Gasteiger partial charge in [-0.3, -0.25) is 0 Å². The van der Waals surface area contributed by atoms with Gasteiger partial charge < -0.3 is 16.4 Å². The topological polar surface area (TPSA) is 67.1 Å². The molecule has 1 saturated heterocycles. The van der Waals surface area contributed by atoms with Crippen LogP contribution in [0.1, 0.15) is 12.8 Å². The normalized spacial score (nSPS) is 17.8. The van der Waals surface area contributed by atoms with Gasteiger partial charge >= 0.3 is 6.03 Å². The Morgan fingerprint density at radius 1 is 1.36 bits per heavy atom. The Hall–Kier alpha value is -0.420. The van der Waals surface area contributed by atoms with E-state index in [0.29, 0.717) is 19.0 Å². The van der Waals surface area contributed by atoms with E-state index in [1.54, 1.807) is 0 Å². The van der Waals surface area contributed by atoms with Crippen molar-refractivity contribution < 1.29 is 4.79 Å². The van der Waals surface area contributed by atoms with Gasteiger partial charge in [-0.05, 0) is 30.3 Å². The van der Waals surface area contributed by atoms with Gasteiger partial charge in [0.2, 0.25) is 0 Å². The largest absolute Gasteiger partial charge is 0.338 e. The highest BCUT2D eigenvalue weighted by Gasteiger charge is 2.13. The molecule has 0 aromatic heterocycles. The van der Waals surface area contributed by atoms with Crippen molar-refractivity contribution in [2.24, 2.45) is 11.7 Å². The van der Waals surface area contributed by atoms with Crippen LogP contribution in [0.15, 0.2) is 0 Å². The summed E-state index contributed by atoms with van der Waals surface area (Å²) in [5.74, 6) is 3.13. The second kappa shape index (κ2) is 6.95. The molecule has 1 aliphatic heterocycles. The van der Waals surface area contributed by atoms with E-state index in [1.807, 2.05) is 11.8 Å². The van der Waals surface area contributed by atoms with Gasteiger partial charge in [-0.2, -0.15) is 11.8 Å². The third-order valence-corrected chi connectivity index (χ3v) is 3.37. The maximum Gasteiger partial charge on any atom is 0.314 e. The van der Waals surface area contributed by atoms with Crippen LogP contribution in [0.5, 0.6) is 0 Å². The van der Waals surface area contributed by atoms with Gasteiger partial charge in [0, 0.05) is 19.6 Å². The van der Waals surface area contributed by atoms with Crippen molar-refractivity contribution in [3.05, 3.63) is 0 Å². The quantitative estimate of drug-likeness (QED) is 0.638. The average Bonchev–Trinajstić information content (AvgIpc) is 2.25. The molecule has 1 heterocycles. The Balaban J connectivity index is 2.03. The number of carbonyl (C=O) groups is 1. The van der Waals surface area contributed by atoms with E-state index in [1.165, 1.54) is 24.3 Å². The molecular formula is C9H19N3OS. The fraction of sp³-hybridized carbons (Fsp3) is 0.889. The van der Waals surface area contributed by atoms with Crippen LogP contribution >= 0.6 is 11.8 Å². The van der Waals surface area contributed by atoms with Crippen LogP contribution in [0.25, 0.3) is 0 Å². The second-order valence-electron chi connectivity index (χ2n) is 3.48. The summed E-state index contributed by atoms with van der Waals surface area (Å²) in [6.45, 7) is 1.84. The molecule has 1 aliphatic rings. The molecule has 4 N–H and O–H groups in total. The zero-order valence-corrected chi connectivity index (χ0v) is 9.24. The average molecular weight is 217 g/mol. The SMILES string of the molecule is NCCNC(=O)NCC1CCSCC1. The van der Waals surface area contributed by atoms with Gasteiger partial charge in [0.05, 0.1) is 0 Å². The van der Waals surface area contributed by atoms with Crippen LogP contribution < -0.4 is 16.4 Å². The van der Waals surface area contributed by atoms with Gasteiger partial charge in [-0.1, -0.05) is 0 Å². The summed E-state index contributed by atoms with van der Waals surface area (Å²) in [5.41, 5.74) is 5.27. The van der Waals surface area contributed by atoms with E-state index in [0.717, 1.165) is 6.54 Å². The number of hydrogen-bond donors (Lipinski definition) is 3. The molecule has 1 rings (SSSR count). The van der Waals surface area contributed by atoms with E-state index in [-0.39, 0.29) is 6.03 Å². The number of amides is 2. The van der Waals surface area contributed by atoms with Gasteiger partial charge in [0.15, 0.2) is 0 Å². The Morgan fingerprint density at radius 3 is 2.71 bits per heavy atom. The van der Waals surface area contributed by atoms with Crippen molar-refractivity contribution in [3.63, 3.8) is 0 Å². The molecule has 0 aromatic rings. The first kappa shape index (κ1) is 11.7. The maximum atomic E-state index is 11.2. The minimum atomic E-state index is -0.0892. The zero-order chi connectivity index (χ0) is 10.2. The lowest BCUT2D eigenvalue weighted by Gasteiger charge is -2.21. The molecule has 0 unspecified atom stereocenters. The van der Waals surface area contributed by atoms with E-state index >= 15 is 0 Å². The monoisotopic (exact) mass is 217 g/mol. The summed E-state index contributed by atoms with van der Waals surface area (Å²) >= 11 is 2.00. The van der Waals surface area contributed by atoms with Crippen LogP contribution in [0.2, 0.25) is 0 Å². The van der Waals surface area contributed by atoms with Gasteiger partial charge in [-0.25, -0.2) is 4.79 Å². The molecule has 0 bridgehead atoms. The third kappa shape index (κ3) is 4.72. The van der Waals surface area contributed by atoms with Gasteiger partial charge in [-0.15, -0.1) is 0 Å². The summed E-state index contributed by atoms with van der Waals surface area (Å²) in [4.78, 5) is 11.2. The highest BCUT2D eigenvalue weighted by molar-refractivity contribution is 7.99. The van der Waals surface area contributed by atoms with Crippen molar-refractivity contribution in [1.29, 1.82) is 0 Å². The van der Waals surface area contributed by atoms with Crippen LogP contribution in [-0.4, -0.2) is 37.2 Å². The summed E-state index contributed by atoms with van der Waals surface area (Å²) in [6.07, 6.45) is 2.45. The number of urea groups is 1. The number of hydrogen-bond acceptors (Lipinski definition) is 3. The predicted molar refractivity (Wildman–Crippen MR) is 60.5 cm³/mol. The molecule has 2 amide bonds. The fourth-order valence-electron chi connectivity index (χ4n) is 1.44. The first-order valence-electron chi connectivity index (χ1n) is 5.12. The summed E-state index contributed by atoms with van der Waals surface area (Å²) in [5, 5.41) is 5.56. The minimum absolute atomic E-state index is 0.0892. The summed E-state index contributed by atoms with van der Waals surface area (Å²) in [7, 11) is 0. The van der Waals surface area contributed by atoms with Crippen LogP contribution in [-0.2, 0) is 0 Å². The van der Waals surface area contributed by atoms with Crippen LogP contribution in [0.4, 0.5) is 4.79 Å². The molecule has 1 fully saturated rings. The van der Waals surface area contributed by atoms with Gasteiger partial charge in [0.25, 0.3) is 0 Å². The predicted octanol–water partition coefficient (Wildman–Crippen LogP) is 0.387. The van der Waals surface area contributed by atoms with Crippen LogP contribution in [0.3, 0.4) is 0 Å². The molecule has 0 radical (unpaired) electrons. The molecule has 0 spiro atoms. The van der Waals surface area contributed by atoms with Crippen molar-refractivity contribution in [2.75, 3.05) is 31.1 Å². The maximum absolute atomic E-state index is 11.2. The van der Waals surface area contributed by atoms with Crippen molar-refractivity contribution in [3.8, 4) is 0 Å². The minimum Gasteiger partial charge on any atom is -0.338 e. The first-order valence-corrected chi connectivity index (χ1v) is 6.28. The molecule has 0 aromatic carbocycles. The van der Waals surface area contributed by atoms with Crippen molar-refractivity contribution in [2.45, 2.75) is 12.8 Å². The molecule has 0 saturated carbocycles. The lowest BCUT2D eigenvalue weighted by Crippen LogP contribution is -2.40. The number of thioether (sulfide) groups is 1. The van der Waals surface area contributed by atoms with Crippen molar-refractivity contribution in [1.82, 2.24) is 10.6 Å². The third-order valence-electron chi connectivity index (χ3n) is 2.32. The Morgan fingerprint density at radius 2 is 2.07 bits per heavy atom. The number of carbonyl (C=O) groups excluding carboxylic acids is 1. The van der Waals surface area contributed by atoms with E-state index in [9.17, 15) is 4.79 Å². The fourth-order valence-corrected chi connectivity index (χ4v) is 2.64. The molecule has 14 heavy (non-hydrogen) atoms. The molecule has 82 valence electrons. The summed E-state index contributed by atoms with van der Waals surface area (Å²) in [6, 6.07) is -0.0892. The summed E-state index contributed by atoms with van der Waals surface area (Å²) < 4.78 is 0. The smallest absolute Gasteiger partial charge is 0.314 e. The van der Waals surface area contributed by atoms with Crippen molar-refractivity contribution >= 4 is 17.8 Å². The van der Waals surface area contributed by atoms with Gasteiger partial charge in [0.1, 0.15) is 0 Å². The Bertz CT molecular complexity index is 171. The molecule has 4 nitrogen and oxygen atoms in total. The van der Waals surface area contributed by atoms with E-state index < -0.39 is 0 Å². The Labute approximate surface area is 89.4 Å². The van der Waals surface area contributed by atoms with E-state index in [2.05, 4.69) is 10.6 Å². The molecule has 0 atom stereocenters. The lowest BCUT2D eigenvalue weighted by atomic mass is 10.0. The lowest BCUT2D eigenvalue weighted by molar-refractivity contribution is 0.238. The highest BCUT2D eigenvalue weighted by atomic mass is 32.2. The Kier molecular flexibility index (Phi) is 5.78. The van der Waals surface area contributed by atoms with E-state index in [4.69, 9.17) is 5.73 Å². The zero-order valence-electron chi connectivity index (χ0n) is 8.42. The standard InChI is InChI=1S/C9H19N3OS/c10-3-4-11-9(13)12-7-8-1-5-14-6-2-8/h8H,1-7,10H2,(H2,11,12,13). The number of nitrogens with two attached hydrogens (primary N) is 1.